The van der Waals surface area contributed by atoms with Gasteiger partial charge < -0.3 is 14.2 Å². The molecule has 5 nitrogen and oxygen atoms in total. The lowest BCUT2D eigenvalue weighted by Gasteiger charge is -2.13. The number of carbonyl (C=O) groups excluding carboxylic acids is 1. The summed E-state index contributed by atoms with van der Waals surface area (Å²) in [5.74, 6) is 1.16. The number of benzene rings is 3. The molecule has 3 aromatic carbocycles. The van der Waals surface area contributed by atoms with Gasteiger partial charge in [0, 0.05) is 5.56 Å². The van der Waals surface area contributed by atoms with Crippen LogP contribution in [0.5, 0.6) is 11.5 Å². The van der Waals surface area contributed by atoms with Crippen LogP contribution in [0.15, 0.2) is 77.4 Å². The minimum Gasteiger partial charge on any atom is -0.493 e. The molecule has 168 valence electrons. The van der Waals surface area contributed by atoms with E-state index in [9.17, 15) is 4.79 Å². The van der Waals surface area contributed by atoms with Crippen molar-refractivity contribution in [1.29, 1.82) is 0 Å². The molecule has 0 aromatic heterocycles. The molecular formula is C27H24INO4. The second kappa shape index (κ2) is 10.7. The van der Waals surface area contributed by atoms with Gasteiger partial charge in [0.2, 0.25) is 5.90 Å². The summed E-state index contributed by atoms with van der Waals surface area (Å²) < 4.78 is 17.7. The minimum absolute atomic E-state index is 0.245. The molecule has 0 N–H and O–H groups in total. The molecule has 0 amide bonds. The predicted octanol–water partition coefficient (Wildman–Crippen LogP) is 6.49. The van der Waals surface area contributed by atoms with E-state index in [1.165, 1.54) is 0 Å². The lowest BCUT2D eigenvalue weighted by Crippen LogP contribution is -2.05. The number of ether oxygens (including phenoxy) is 3. The van der Waals surface area contributed by atoms with Gasteiger partial charge in [-0.05, 0) is 76.0 Å². The molecule has 1 heterocycles. The Labute approximate surface area is 207 Å². The number of hydrogen-bond donors (Lipinski definition) is 0. The zero-order valence-corrected chi connectivity index (χ0v) is 20.7. The Morgan fingerprint density at radius 3 is 2.39 bits per heavy atom. The van der Waals surface area contributed by atoms with Crippen LogP contribution in [0.2, 0.25) is 0 Å². The number of halogens is 1. The Balaban J connectivity index is 1.57. The molecule has 0 fully saturated rings. The standard InChI is InChI=1S/C27H24INO4/c1-3-4-14-32-25-22(28)15-18(17-24(25)31-2)16-23-27(30)33-26(29-23)21-12-10-20(11-13-21)19-8-6-5-7-9-19/h5-13,15-17H,3-4,14H2,1-2H3/b23-16-. The normalized spacial score (nSPS) is 14.2. The summed E-state index contributed by atoms with van der Waals surface area (Å²) in [6.07, 6.45) is 3.73. The number of hydrogen-bond acceptors (Lipinski definition) is 5. The van der Waals surface area contributed by atoms with E-state index in [-0.39, 0.29) is 5.70 Å². The summed E-state index contributed by atoms with van der Waals surface area (Å²) in [5.41, 5.74) is 3.99. The van der Waals surface area contributed by atoms with Crippen LogP contribution in [0.1, 0.15) is 30.9 Å². The molecule has 0 saturated heterocycles. The number of unbranched alkanes of at least 4 members (excludes halogenated alkanes) is 1. The largest absolute Gasteiger partial charge is 0.493 e. The van der Waals surface area contributed by atoms with Gasteiger partial charge in [0.1, 0.15) is 0 Å². The van der Waals surface area contributed by atoms with E-state index in [0.717, 1.165) is 38.7 Å². The van der Waals surface area contributed by atoms with Crippen LogP contribution in [-0.4, -0.2) is 25.6 Å². The summed E-state index contributed by atoms with van der Waals surface area (Å²) in [6.45, 7) is 2.75. The Hall–Kier alpha value is -3.13. The molecule has 0 radical (unpaired) electrons. The molecule has 0 saturated carbocycles. The lowest BCUT2D eigenvalue weighted by atomic mass is 10.0. The van der Waals surface area contributed by atoms with E-state index in [1.807, 2.05) is 54.6 Å². The molecule has 33 heavy (non-hydrogen) atoms. The highest BCUT2D eigenvalue weighted by atomic mass is 127. The first-order chi connectivity index (χ1) is 16.1. The second-order valence-electron chi connectivity index (χ2n) is 7.52. The average molecular weight is 553 g/mol. The highest BCUT2D eigenvalue weighted by Gasteiger charge is 2.24. The Bertz CT molecular complexity index is 1200. The SMILES string of the molecule is CCCCOc1c(I)cc(/C=C2\N=C(c3ccc(-c4ccccc4)cc3)OC2=O)cc1OC. The Kier molecular flexibility index (Phi) is 7.44. The fraction of sp³-hybridized carbons (Fsp3) is 0.185. The van der Waals surface area contributed by atoms with Gasteiger partial charge in [-0.2, -0.15) is 0 Å². The predicted molar refractivity (Wildman–Crippen MR) is 139 cm³/mol. The monoisotopic (exact) mass is 553 g/mol. The number of aliphatic imine (C=N–C) groups is 1. The van der Waals surface area contributed by atoms with Crippen molar-refractivity contribution in [3.8, 4) is 22.6 Å². The highest BCUT2D eigenvalue weighted by molar-refractivity contribution is 14.1. The van der Waals surface area contributed by atoms with Crippen LogP contribution in [-0.2, 0) is 9.53 Å². The lowest BCUT2D eigenvalue weighted by molar-refractivity contribution is -0.129. The molecule has 1 aliphatic heterocycles. The summed E-state index contributed by atoms with van der Waals surface area (Å²) in [5, 5.41) is 0. The minimum atomic E-state index is -0.477. The van der Waals surface area contributed by atoms with Crippen LogP contribution in [0, 0.1) is 3.57 Å². The molecule has 0 aliphatic carbocycles. The molecule has 4 rings (SSSR count). The van der Waals surface area contributed by atoms with Crippen LogP contribution < -0.4 is 9.47 Å². The smallest absolute Gasteiger partial charge is 0.363 e. The van der Waals surface area contributed by atoms with Crippen molar-refractivity contribution in [3.63, 3.8) is 0 Å². The van der Waals surface area contributed by atoms with Gasteiger partial charge in [-0.3, -0.25) is 0 Å². The summed E-state index contributed by atoms with van der Waals surface area (Å²) in [4.78, 5) is 16.9. The average Bonchev–Trinajstić information content (AvgIpc) is 3.21. The third-order valence-corrected chi connectivity index (χ3v) is 5.96. The quantitative estimate of drug-likeness (QED) is 0.139. The number of esters is 1. The zero-order valence-electron chi connectivity index (χ0n) is 18.5. The van der Waals surface area contributed by atoms with Gasteiger partial charge in [-0.1, -0.05) is 55.8 Å². The molecule has 0 bridgehead atoms. The van der Waals surface area contributed by atoms with Crippen molar-refractivity contribution in [2.75, 3.05) is 13.7 Å². The van der Waals surface area contributed by atoms with Gasteiger partial charge in [0.05, 0.1) is 17.3 Å². The van der Waals surface area contributed by atoms with Gasteiger partial charge in [0.25, 0.3) is 0 Å². The van der Waals surface area contributed by atoms with Crippen molar-refractivity contribution in [1.82, 2.24) is 0 Å². The van der Waals surface area contributed by atoms with E-state index in [2.05, 4.69) is 46.6 Å². The van der Waals surface area contributed by atoms with Gasteiger partial charge in [-0.15, -0.1) is 0 Å². The van der Waals surface area contributed by atoms with E-state index >= 15 is 0 Å². The van der Waals surface area contributed by atoms with E-state index in [1.54, 1.807) is 13.2 Å². The van der Waals surface area contributed by atoms with Gasteiger partial charge in [0.15, 0.2) is 17.2 Å². The van der Waals surface area contributed by atoms with Crippen molar-refractivity contribution >= 4 is 40.5 Å². The van der Waals surface area contributed by atoms with Crippen molar-refractivity contribution in [2.45, 2.75) is 19.8 Å². The zero-order chi connectivity index (χ0) is 23.2. The summed E-state index contributed by atoms with van der Waals surface area (Å²) in [7, 11) is 1.61. The maximum absolute atomic E-state index is 12.5. The second-order valence-corrected chi connectivity index (χ2v) is 8.68. The van der Waals surface area contributed by atoms with Crippen molar-refractivity contribution < 1.29 is 19.0 Å². The van der Waals surface area contributed by atoms with Crippen molar-refractivity contribution in [2.24, 2.45) is 4.99 Å². The van der Waals surface area contributed by atoms with Crippen LogP contribution >= 0.6 is 22.6 Å². The number of carbonyl (C=O) groups is 1. The Morgan fingerprint density at radius 2 is 1.70 bits per heavy atom. The highest BCUT2D eigenvalue weighted by Crippen LogP contribution is 2.35. The van der Waals surface area contributed by atoms with Crippen LogP contribution in [0.4, 0.5) is 0 Å². The number of rotatable bonds is 8. The fourth-order valence-electron chi connectivity index (χ4n) is 3.41. The first-order valence-corrected chi connectivity index (χ1v) is 11.9. The van der Waals surface area contributed by atoms with E-state index in [4.69, 9.17) is 14.2 Å². The van der Waals surface area contributed by atoms with Crippen LogP contribution in [0.3, 0.4) is 0 Å². The topological polar surface area (TPSA) is 57.1 Å². The van der Waals surface area contributed by atoms with E-state index in [0.29, 0.717) is 24.0 Å². The maximum Gasteiger partial charge on any atom is 0.363 e. The molecule has 0 spiro atoms. The third-order valence-electron chi connectivity index (χ3n) is 5.16. The first-order valence-electron chi connectivity index (χ1n) is 10.8. The first kappa shape index (κ1) is 23.0. The maximum atomic E-state index is 12.5. The third kappa shape index (κ3) is 5.45. The number of methoxy groups -OCH3 is 1. The Morgan fingerprint density at radius 1 is 1.00 bits per heavy atom. The number of cyclic esters (lactones) is 1. The fourth-order valence-corrected chi connectivity index (χ4v) is 4.19. The molecule has 3 aromatic rings. The molecule has 0 atom stereocenters. The van der Waals surface area contributed by atoms with E-state index < -0.39 is 5.97 Å². The van der Waals surface area contributed by atoms with Gasteiger partial charge in [-0.25, -0.2) is 9.79 Å². The van der Waals surface area contributed by atoms with Crippen LogP contribution in [0.25, 0.3) is 17.2 Å². The summed E-state index contributed by atoms with van der Waals surface area (Å²) in [6, 6.07) is 21.7. The van der Waals surface area contributed by atoms with Crippen molar-refractivity contribution in [3.05, 3.63) is 87.1 Å². The molecule has 0 unspecified atom stereocenters. The molecule has 1 aliphatic rings. The molecule has 6 heteroatoms. The number of nitrogens with zero attached hydrogens (tertiary/aromatic N) is 1. The molecular weight excluding hydrogens is 529 g/mol. The summed E-state index contributed by atoms with van der Waals surface area (Å²) >= 11 is 2.21. The van der Waals surface area contributed by atoms with Gasteiger partial charge >= 0.3 is 5.97 Å².